The topological polar surface area (TPSA) is 48.1 Å². The van der Waals surface area contributed by atoms with Gasteiger partial charge in [-0.3, -0.25) is 4.79 Å². The van der Waals surface area contributed by atoms with Crippen molar-refractivity contribution in [2.45, 2.75) is 23.2 Å². The van der Waals surface area contributed by atoms with Crippen molar-refractivity contribution in [2.75, 3.05) is 0 Å². The van der Waals surface area contributed by atoms with Crippen LogP contribution in [0.4, 0.5) is 0 Å². The predicted molar refractivity (Wildman–Crippen MR) is 65.9 cm³/mol. The van der Waals surface area contributed by atoms with Crippen molar-refractivity contribution in [1.82, 2.24) is 0 Å². The number of benzene rings is 1. The van der Waals surface area contributed by atoms with Crippen LogP contribution in [0.1, 0.15) is 6.92 Å². The van der Waals surface area contributed by atoms with E-state index >= 15 is 0 Å². The van der Waals surface area contributed by atoms with Crippen molar-refractivity contribution < 1.29 is 19.0 Å². The zero-order valence-electron chi connectivity index (χ0n) is 8.63. The second-order valence-corrected chi connectivity index (χ2v) is 4.66. The molecule has 0 aliphatic carbocycles. The van der Waals surface area contributed by atoms with Crippen molar-refractivity contribution >= 4 is 29.1 Å². The summed E-state index contributed by atoms with van der Waals surface area (Å²) in [5.74, 6) is 0.976. The average molecular weight is 334 g/mol. The van der Waals surface area contributed by atoms with Gasteiger partial charge < -0.3 is 14.2 Å². The minimum atomic E-state index is -0.0796. The smallest absolute Gasteiger partial charge is 0.298 e. The molecule has 0 radical (unpaired) electrons. The van der Waals surface area contributed by atoms with Crippen LogP contribution in [0.5, 0.6) is 11.5 Å². The first-order valence-electron chi connectivity index (χ1n) is 4.88. The van der Waals surface area contributed by atoms with E-state index in [1.165, 1.54) is 0 Å². The second kappa shape index (κ2) is 5.01. The molecule has 2 rings (SSSR count). The Bertz CT molecular complexity index is 382. The molecule has 86 valence electrons. The molecule has 3 atom stereocenters. The number of rotatable bonds is 5. The molecule has 0 amide bonds. The number of hydrogen-bond donors (Lipinski definition) is 0. The van der Waals surface area contributed by atoms with Crippen LogP contribution in [0.25, 0.3) is 0 Å². The van der Waals surface area contributed by atoms with Gasteiger partial charge in [0.15, 0.2) is 15.6 Å². The van der Waals surface area contributed by atoms with E-state index in [-0.39, 0.29) is 16.3 Å². The summed E-state index contributed by atoms with van der Waals surface area (Å²) in [7, 11) is 0. The molecule has 0 aromatic heterocycles. The fourth-order valence-corrected chi connectivity index (χ4v) is 2.39. The highest BCUT2D eigenvalue weighted by molar-refractivity contribution is 14.1. The van der Waals surface area contributed by atoms with Gasteiger partial charge in [0.2, 0.25) is 0 Å². The van der Waals surface area contributed by atoms with Gasteiger partial charge in [-0.2, -0.15) is 0 Å². The summed E-state index contributed by atoms with van der Waals surface area (Å²) < 4.78 is 15.7. The number of para-hydroxylation sites is 2. The molecular weight excluding hydrogens is 323 g/mol. The van der Waals surface area contributed by atoms with E-state index in [1.54, 1.807) is 18.2 Å². The van der Waals surface area contributed by atoms with Crippen LogP contribution in [-0.2, 0) is 9.53 Å². The summed E-state index contributed by atoms with van der Waals surface area (Å²) in [5.41, 5.74) is 0. The number of alkyl halides is 1. The zero-order valence-corrected chi connectivity index (χ0v) is 10.8. The number of epoxide rings is 1. The highest BCUT2D eigenvalue weighted by atomic mass is 127. The maximum Gasteiger partial charge on any atom is 0.298 e. The lowest BCUT2D eigenvalue weighted by molar-refractivity contribution is -0.120. The van der Waals surface area contributed by atoms with Crippen molar-refractivity contribution in [3.63, 3.8) is 0 Å². The lowest BCUT2D eigenvalue weighted by Crippen LogP contribution is -2.17. The molecule has 1 aromatic carbocycles. The third kappa shape index (κ3) is 2.65. The van der Waals surface area contributed by atoms with Gasteiger partial charge >= 0.3 is 0 Å². The van der Waals surface area contributed by atoms with Crippen LogP contribution < -0.4 is 9.47 Å². The van der Waals surface area contributed by atoms with Crippen LogP contribution in [0.3, 0.4) is 0 Å². The van der Waals surface area contributed by atoms with Crippen LogP contribution in [0.15, 0.2) is 24.3 Å². The monoisotopic (exact) mass is 334 g/mol. The van der Waals surface area contributed by atoms with E-state index in [2.05, 4.69) is 22.6 Å². The maximum absolute atomic E-state index is 10.3. The number of halogens is 1. The Hall–Kier alpha value is -0.820. The van der Waals surface area contributed by atoms with Gasteiger partial charge in [0.25, 0.3) is 6.47 Å². The maximum atomic E-state index is 10.3. The number of carbonyl (C=O) groups is 1. The van der Waals surface area contributed by atoms with Crippen LogP contribution in [0, 0.1) is 0 Å². The van der Waals surface area contributed by atoms with E-state index in [0.717, 1.165) is 0 Å². The predicted octanol–water partition coefficient (Wildman–Crippen LogP) is 2.15. The quantitative estimate of drug-likeness (QED) is 0.358. The highest BCUT2D eigenvalue weighted by Crippen LogP contribution is 2.34. The molecule has 1 saturated heterocycles. The Labute approximate surface area is 107 Å². The summed E-state index contributed by atoms with van der Waals surface area (Å²) in [5, 5.41) is 0. The number of carbonyl (C=O) groups excluding carboxylic acids is 1. The summed E-state index contributed by atoms with van der Waals surface area (Å²) in [6, 6.07) is 7.06. The molecule has 1 aromatic rings. The van der Waals surface area contributed by atoms with Gasteiger partial charge in [-0.25, -0.2) is 0 Å². The Balaban J connectivity index is 2.05. The molecule has 3 unspecified atom stereocenters. The molecule has 16 heavy (non-hydrogen) atoms. The standard InChI is InChI=1S/C11H11IO4/c1-7-10(15-7)11(12)16-9-5-3-2-4-8(9)14-6-13/h2-7,10-11H,1H3. The lowest BCUT2D eigenvalue weighted by Gasteiger charge is -2.13. The van der Waals surface area contributed by atoms with Crippen molar-refractivity contribution in [2.24, 2.45) is 0 Å². The fourth-order valence-electron chi connectivity index (χ4n) is 1.36. The lowest BCUT2D eigenvalue weighted by atomic mass is 10.3. The Kier molecular flexibility index (Phi) is 3.65. The van der Waals surface area contributed by atoms with E-state index in [1.807, 2.05) is 13.0 Å². The van der Waals surface area contributed by atoms with Crippen molar-refractivity contribution in [1.29, 1.82) is 0 Å². The van der Waals surface area contributed by atoms with Gasteiger partial charge in [-0.1, -0.05) is 12.1 Å². The average Bonchev–Trinajstić information content (AvgIpc) is 2.99. The van der Waals surface area contributed by atoms with E-state index in [4.69, 9.17) is 14.2 Å². The molecule has 0 bridgehead atoms. The number of hydrogen-bond acceptors (Lipinski definition) is 4. The van der Waals surface area contributed by atoms with E-state index in [9.17, 15) is 4.79 Å². The molecule has 5 heteroatoms. The van der Waals surface area contributed by atoms with Gasteiger partial charge in [-0.15, -0.1) is 0 Å². The van der Waals surface area contributed by atoms with E-state index in [0.29, 0.717) is 18.0 Å². The van der Waals surface area contributed by atoms with Crippen LogP contribution >= 0.6 is 22.6 Å². The zero-order chi connectivity index (χ0) is 11.5. The van der Waals surface area contributed by atoms with Crippen molar-refractivity contribution in [3.05, 3.63) is 24.3 Å². The molecule has 0 N–H and O–H groups in total. The first-order chi connectivity index (χ1) is 7.72. The van der Waals surface area contributed by atoms with Gasteiger partial charge in [0.05, 0.1) is 6.10 Å². The Morgan fingerprint density at radius 1 is 1.44 bits per heavy atom. The van der Waals surface area contributed by atoms with Crippen LogP contribution in [0.2, 0.25) is 0 Å². The SMILES string of the molecule is CC1OC1C(I)Oc1ccccc1OC=O. The molecule has 1 aliphatic heterocycles. The first kappa shape index (κ1) is 11.7. The normalized spacial score (nSPS) is 24.6. The van der Waals surface area contributed by atoms with Crippen molar-refractivity contribution in [3.8, 4) is 11.5 Å². The van der Waals surface area contributed by atoms with Gasteiger partial charge in [0.1, 0.15) is 6.10 Å². The third-order valence-corrected chi connectivity index (χ3v) is 3.24. The first-order valence-corrected chi connectivity index (χ1v) is 6.12. The molecule has 1 fully saturated rings. The number of ether oxygens (including phenoxy) is 3. The summed E-state index contributed by atoms with van der Waals surface area (Å²) in [6.07, 6.45) is 0.353. The second-order valence-electron chi connectivity index (χ2n) is 3.44. The largest absolute Gasteiger partial charge is 0.473 e. The minimum Gasteiger partial charge on any atom is -0.473 e. The molecular formula is C11H11IO4. The van der Waals surface area contributed by atoms with E-state index < -0.39 is 0 Å². The third-order valence-electron chi connectivity index (χ3n) is 2.28. The molecule has 0 saturated carbocycles. The summed E-state index contributed by atoms with van der Waals surface area (Å²) in [4.78, 5) is 10.3. The molecule has 1 aliphatic rings. The van der Waals surface area contributed by atoms with Gasteiger partial charge in [0, 0.05) is 0 Å². The fraction of sp³-hybridized carbons (Fsp3) is 0.364. The minimum absolute atomic E-state index is 0.0796. The Morgan fingerprint density at radius 3 is 2.62 bits per heavy atom. The van der Waals surface area contributed by atoms with Gasteiger partial charge in [-0.05, 0) is 41.6 Å². The molecule has 1 heterocycles. The molecule has 4 nitrogen and oxygen atoms in total. The Morgan fingerprint density at radius 2 is 2.06 bits per heavy atom. The van der Waals surface area contributed by atoms with Crippen LogP contribution in [-0.4, -0.2) is 22.8 Å². The summed E-state index contributed by atoms with van der Waals surface area (Å²) >= 11 is 2.17. The summed E-state index contributed by atoms with van der Waals surface area (Å²) in [6.45, 7) is 2.38. The highest BCUT2D eigenvalue weighted by Gasteiger charge is 2.41. The molecule has 0 spiro atoms.